The maximum absolute atomic E-state index is 12.0. The van der Waals surface area contributed by atoms with E-state index >= 15 is 0 Å². The second-order valence-corrected chi connectivity index (χ2v) is 8.77. The minimum atomic E-state index is 0. The van der Waals surface area contributed by atoms with E-state index in [0.717, 1.165) is 77.6 Å². The number of likely N-dealkylation sites (N-methyl/N-ethyl adjacent to an activating group) is 1. The number of amides is 1. The molecular formula is C21H40IN5O3. The summed E-state index contributed by atoms with van der Waals surface area (Å²) in [6.07, 6.45) is 7.07. The van der Waals surface area contributed by atoms with Crippen LogP contribution in [0.5, 0.6) is 0 Å². The highest BCUT2D eigenvalue weighted by Gasteiger charge is 2.24. The van der Waals surface area contributed by atoms with Crippen molar-refractivity contribution in [2.75, 3.05) is 66.6 Å². The summed E-state index contributed by atoms with van der Waals surface area (Å²) in [6.45, 7) is 6.94. The molecule has 0 aromatic rings. The minimum absolute atomic E-state index is 0. The molecule has 2 atom stereocenters. The van der Waals surface area contributed by atoms with E-state index in [1.807, 2.05) is 0 Å². The normalized spacial score (nSPS) is 26.1. The summed E-state index contributed by atoms with van der Waals surface area (Å²) in [6, 6.07) is 0.388. The maximum Gasteiger partial charge on any atom is 0.243 e. The van der Waals surface area contributed by atoms with Crippen LogP contribution in [-0.2, 0) is 14.3 Å². The molecule has 2 unspecified atom stereocenters. The number of nitrogens with zero attached hydrogens (tertiary/aromatic N) is 3. The average Bonchev–Trinajstić information content (AvgIpc) is 3.25. The predicted molar refractivity (Wildman–Crippen MR) is 130 cm³/mol. The number of carbonyl (C=O) groups excluding carboxylic acids is 1. The lowest BCUT2D eigenvalue weighted by Gasteiger charge is -2.34. The van der Waals surface area contributed by atoms with Gasteiger partial charge in [-0.25, -0.2) is 4.99 Å². The molecule has 3 fully saturated rings. The number of ether oxygens (including phenoxy) is 2. The standard InChI is InChI=1S/C21H39N5O3.HI/c1-25(2)20(27)14-23-21(22-13-19-5-3-4-11-29-19)24-18-6-9-26(10-7-18)15-17-8-12-28-16-17;/h17-19H,3-16H2,1-2H3,(H2,22,23,24);1H. The van der Waals surface area contributed by atoms with Crippen LogP contribution in [0.1, 0.15) is 38.5 Å². The predicted octanol–water partition coefficient (Wildman–Crippen LogP) is 1.30. The van der Waals surface area contributed by atoms with Crippen molar-refractivity contribution in [3.05, 3.63) is 0 Å². The average molecular weight is 537 g/mol. The second-order valence-electron chi connectivity index (χ2n) is 8.77. The molecule has 0 radical (unpaired) electrons. The quantitative estimate of drug-likeness (QED) is 0.290. The van der Waals surface area contributed by atoms with E-state index in [-0.39, 0.29) is 42.5 Å². The Balaban J connectivity index is 0.00000320. The molecular weight excluding hydrogens is 497 g/mol. The van der Waals surface area contributed by atoms with Gasteiger partial charge in [0.25, 0.3) is 0 Å². The van der Waals surface area contributed by atoms with Gasteiger partial charge in [-0.1, -0.05) is 0 Å². The number of piperidine rings is 1. The van der Waals surface area contributed by atoms with Crippen molar-refractivity contribution in [1.29, 1.82) is 0 Å². The highest BCUT2D eigenvalue weighted by Crippen LogP contribution is 2.18. The minimum Gasteiger partial charge on any atom is -0.381 e. The fourth-order valence-corrected chi connectivity index (χ4v) is 4.17. The van der Waals surface area contributed by atoms with E-state index < -0.39 is 0 Å². The third kappa shape index (κ3) is 8.84. The lowest BCUT2D eigenvalue weighted by atomic mass is 10.0. The summed E-state index contributed by atoms with van der Waals surface area (Å²) < 4.78 is 11.3. The van der Waals surface area contributed by atoms with Crippen molar-refractivity contribution in [2.45, 2.75) is 50.7 Å². The van der Waals surface area contributed by atoms with E-state index in [1.54, 1.807) is 19.0 Å². The first-order valence-corrected chi connectivity index (χ1v) is 11.3. The summed E-state index contributed by atoms with van der Waals surface area (Å²) in [5.74, 6) is 1.44. The van der Waals surface area contributed by atoms with Crippen LogP contribution < -0.4 is 10.6 Å². The third-order valence-electron chi connectivity index (χ3n) is 6.11. The smallest absolute Gasteiger partial charge is 0.243 e. The van der Waals surface area contributed by atoms with Gasteiger partial charge in [0.1, 0.15) is 6.54 Å². The number of rotatable bonds is 7. The van der Waals surface area contributed by atoms with E-state index in [2.05, 4.69) is 20.5 Å². The third-order valence-corrected chi connectivity index (χ3v) is 6.11. The van der Waals surface area contributed by atoms with Crippen LogP contribution in [0.4, 0.5) is 0 Å². The van der Waals surface area contributed by atoms with Crippen molar-refractivity contribution in [1.82, 2.24) is 20.4 Å². The van der Waals surface area contributed by atoms with Gasteiger partial charge in [0.15, 0.2) is 5.96 Å². The van der Waals surface area contributed by atoms with Gasteiger partial charge in [0.05, 0.1) is 12.7 Å². The largest absolute Gasteiger partial charge is 0.381 e. The number of hydrogen-bond donors (Lipinski definition) is 2. The first-order chi connectivity index (χ1) is 14.1. The van der Waals surface area contributed by atoms with Gasteiger partial charge in [-0.05, 0) is 44.4 Å². The summed E-state index contributed by atoms with van der Waals surface area (Å²) in [5.41, 5.74) is 0. The van der Waals surface area contributed by atoms with Gasteiger partial charge >= 0.3 is 0 Å². The first kappa shape index (κ1) is 25.6. The molecule has 0 saturated carbocycles. The van der Waals surface area contributed by atoms with Gasteiger partial charge in [0, 0.05) is 59.5 Å². The molecule has 3 aliphatic rings. The van der Waals surface area contributed by atoms with Gasteiger partial charge in [-0.15, -0.1) is 24.0 Å². The Labute approximate surface area is 198 Å². The van der Waals surface area contributed by atoms with Crippen LogP contribution >= 0.6 is 24.0 Å². The fourth-order valence-electron chi connectivity index (χ4n) is 4.17. The first-order valence-electron chi connectivity index (χ1n) is 11.3. The monoisotopic (exact) mass is 537 g/mol. The van der Waals surface area contributed by atoms with Crippen LogP contribution in [0.2, 0.25) is 0 Å². The van der Waals surface area contributed by atoms with Crippen molar-refractivity contribution < 1.29 is 14.3 Å². The molecule has 3 aliphatic heterocycles. The molecule has 30 heavy (non-hydrogen) atoms. The van der Waals surface area contributed by atoms with Crippen LogP contribution in [0.3, 0.4) is 0 Å². The lowest BCUT2D eigenvalue weighted by molar-refractivity contribution is -0.127. The van der Waals surface area contributed by atoms with Crippen molar-refractivity contribution in [2.24, 2.45) is 10.9 Å². The maximum atomic E-state index is 12.0. The summed E-state index contributed by atoms with van der Waals surface area (Å²) in [7, 11) is 3.53. The molecule has 0 bridgehead atoms. The van der Waals surface area contributed by atoms with Crippen molar-refractivity contribution in [3.63, 3.8) is 0 Å². The molecule has 174 valence electrons. The van der Waals surface area contributed by atoms with E-state index in [1.165, 1.54) is 12.8 Å². The fraction of sp³-hybridized carbons (Fsp3) is 0.905. The molecule has 3 heterocycles. The van der Waals surface area contributed by atoms with Gasteiger partial charge < -0.3 is 29.9 Å². The molecule has 0 aromatic carbocycles. The van der Waals surface area contributed by atoms with Crippen LogP contribution in [0.25, 0.3) is 0 Å². The van der Waals surface area contributed by atoms with E-state index in [4.69, 9.17) is 9.47 Å². The zero-order valence-corrected chi connectivity index (χ0v) is 20.9. The van der Waals surface area contributed by atoms with E-state index in [0.29, 0.717) is 12.0 Å². The van der Waals surface area contributed by atoms with Crippen molar-refractivity contribution >= 4 is 35.8 Å². The summed E-state index contributed by atoms with van der Waals surface area (Å²) in [5, 5.41) is 6.98. The van der Waals surface area contributed by atoms with Crippen LogP contribution in [-0.4, -0.2) is 100 Å². The molecule has 8 nitrogen and oxygen atoms in total. The number of carbonyl (C=O) groups is 1. The number of likely N-dealkylation sites (tertiary alicyclic amines) is 1. The van der Waals surface area contributed by atoms with Crippen molar-refractivity contribution in [3.8, 4) is 0 Å². The molecule has 1 amide bonds. The number of nitrogens with one attached hydrogen (secondary N) is 2. The SMILES string of the molecule is CN(C)C(=O)CN=C(NCC1CCCCO1)NC1CCN(CC2CCOC2)CC1.I. The summed E-state index contributed by atoms with van der Waals surface area (Å²) >= 11 is 0. The number of aliphatic imine (C=N–C) groups is 1. The zero-order chi connectivity index (χ0) is 20.5. The Morgan fingerprint density at radius 1 is 1.13 bits per heavy atom. The highest BCUT2D eigenvalue weighted by molar-refractivity contribution is 14.0. The highest BCUT2D eigenvalue weighted by atomic mass is 127. The van der Waals surface area contributed by atoms with Gasteiger partial charge in [-0.3, -0.25) is 4.79 Å². The van der Waals surface area contributed by atoms with Gasteiger partial charge in [-0.2, -0.15) is 0 Å². The Bertz CT molecular complexity index is 529. The zero-order valence-electron chi connectivity index (χ0n) is 18.6. The number of guanidine groups is 1. The Kier molecular flexibility index (Phi) is 11.7. The molecule has 3 rings (SSSR count). The van der Waals surface area contributed by atoms with Gasteiger partial charge in [0.2, 0.25) is 5.91 Å². The molecule has 0 spiro atoms. The van der Waals surface area contributed by atoms with Crippen LogP contribution in [0.15, 0.2) is 4.99 Å². The Hall–Kier alpha value is -0.650. The second kappa shape index (κ2) is 13.7. The molecule has 2 N–H and O–H groups in total. The number of hydrogen-bond acceptors (Lipinski definition) is 5. The Morgan fingerprint density at radius 3 is 2.57 bits per heavy atom. The molecule has 3 saturated heterocycles. The Morgan fingerprint density at radius 2 is 1.93 bits per heavy atom. The van der Waals surface area contributed by atoms with Crippen LogP contribution in [0, 0.1) is 5.92 Å². The molecule has 0 aromatic heterocycles. The lowest BCUT2D eigenvalue weighted by Crippen LogP contribution is -2.51. The summed E-state index contributed by atoms with van der Waals surface area (Å²) in [4.78, 5) is 20.7. The molecule has 0 aliphatic carbocycles. The molecule has 9 heteroatoms. The number of halogens is 1. The topological polar surface area (TPSA) is 78.4 Å². The van der Waals surface area contributed by atoms with E-state index in [9.17, 15) is 4.79 Å².